The van der Waals surface area contributed by atoms with Crippen LogP contribution in [0, 0.1) is 0 Å². The Kier molecular flexibility index (Phi) is 5.28. The fourth-order valence-corrected chi connectivity index (χ4v) is 3.73. The smallest absolute Gasteiger partial charge is 0.387 e. The van der Waals surface area contributed by atoms with Crippen LogP contribution in [-0.2, 0) is 22.4 Å². The van der Waals surface area contributed by atoms with Gasteiger partial charge in [0.15, 0.2) is 6.61 Å². The number of hydrogen-bond acceptors (Lipinski definition) is 5. The second-order valence-electron chi connectivity index (χ2n) is 5.41. The van der Waals surface area contributed by atoms with Crippen LogP contribution in [0.1, 0.15) is 26.5 Å². The lowest BCUT2D eigenvalue weighted by atomic mass is 10.2. The van der Waals surface area contributed by atoms with Gasteiger partial charge in [0.25, 0.3) is 5.91 Å². The van der Waals surface area contributed by atoms with Gasteiger partial charge in [0.05, 0.1) is 5.69 Å². The number of benzene rings is 1. The Balaban J connectivity index is 1.55. The summed E-state index contributed by atoms with van der Waals surface area (Å²) in [6, 6.07) is 7.60. The molecule has 0 aliphatic heterocycles. The van der Waals surface area contributed by atoms with Crippen molar-refractivity contribution in [3.63, 3.8) is 0 Å². The molecule has 1 amide bonds. The number of esters is 1. The van der Waals surface area contributed by atoms with Gasteiger partial charge in [0, 0.05) is 4.88 Å². The number of hydrogen-bond donors (Lipinski definition) is 1. The van der Waals surface area contributed by atoms with Crippen LogP contribution in [0.2, 0.25) is 0 Å². The molecule has 1 aliphatic carbocycles. The predicted octanol–water partition coefficient (Wildman–Crippen LogP) is 3.63. The van der Waals surface area contributed by atoms with E-state index in [9.17, 15) is 18.4 Å². The number of carbonyl (C=O) groups excluding carboxylic acids is 2. The minimum absolute atomic E-state index is 0.0824. The van der Waals surface area contributed by atoms with E-state index >= 15 is 0 Å². The summed E-state index contributed by atoms with van der Waals surface area (Å²) in [4.78, 5) is 25.6. The molecule has 1 aromatic heterocycles. The van der Waals surface area contributed by atoms with Gasteiger partial charge in [-0.15, -0.1) is 11.3 Å². The van der Waals surface area contributed by atoms with Crippen molar-refractivity contribution in [3.05, 3.63) is 45.6 Å². The Labute approximate surface area is 146 Å². The highest BCUT2D eigenvalue weighted by Gasteiger charge is 2.20. The van der Waals surface area contributed by atoms with E-state index in [4.69, 9.17) is 4.74 Å². The van der Waals surface area contributed by atoms with Gasteiger partial charge in [-0.05, 0) is 43.0 Å². The van der Waals surface area contributed by atoms with Gasteiger partial charge in [0.2, 0.25) is 0 Å². The van der Waals surface area contributed by atoms with Crippen LogP contribution in [0.15, 0.2) is 30.3 Å². The fourth-order valence-electron chi connectivity index (χ4n) is 2.59. The lowest BCUT2D eigenvalue weighted by Gasteiger charge is -2.11. The maximum absolute atomic E-state index is 12.3. The molecule has 0 bridgehead atoms. The van der Waals surface area contributed by atoms with Gasteiger partial charge in [0.1, 0.15) is 10.6 Å². The molecule has 1 N–H and O–H groups in total. The van der Waals surface area contributed by atoms with Crippen molar-refractivity contribution in [2.45, 2.75) is 25.9 Å². The molecule has 25 heavy (non-hydrogen) atoms. The summed E-state index contributed by atoms with van der Waals surface area (Å²) < 4.78 is 34.0. The molecule has 0 saturated carbocycles. The largest absolute Gasteiger partial charge is 0.451 e. The van der Waals surface area contributed by atoms with Crippen LogP contribution in [-0.4, -0.2) is 25.1 Å². The van der Waals surface area contributed by atoms with Crippen LogP contribution < -0.4 is 10.1 Å². The summed E-state index contributed by atoms with van der Waals surface area (Å²) in [5.74, 6) is -1.36. The molecule has 0 atom stereocenters. The first kappa shape index (κ1) is 17.3. The van der Waals surface area contributed by atoms with E-state index in [0.29, 0.717) is 4.88 Å². The number of aryl methyl sites for hydroxylation is 2. The lowest BCUT2D eigenvalue weighted by molar-refractivity contribution is -0.119. The summed E-state index contributed by atoms with van der Waals surface area (Å²) in [7, 11) is 0. The van der Waals surface area contributed by atoms with E-state index in [1.54, 1.807) is 12.1 Å². The number of carbonyl (C=O) groups is 2. The van der Waals surface area contributed by atoms with Crippen LogP contribution >= 0.6 is 11.3 Å². The molecule has 3 rings (SSSR count). The van der Waals surface area contributed by atoms with Gasteiger partial charge in [-0.1, -0.05) is 12.1 Å². The van der Waals surface area contributed by atoms with E-state index in [0.717, 1.165) is 19.3 Å². The Morgan fingerprint density at radius 3 is 2.80 bits per heavy atom. The molecule has 2 aromatic rings. The lowest BCUT2D eigenvalue weighted by Crippen LogP contribution is -2.21. The predicted molar refractivity (Wildman–Crippen MR) is 88.3 cm³/mol. The number of anilines is 1. The average molecular weight is 367 g/mol. The number of fused-ring (bicyclic) bond motifs is 1. The summed E-state index contributed by atoms with van der Waals surface area (Å²) >= 11 is 1.39. The second kappa shape index (κ2) is 7.60. The maximum Gasteiger partial charge on any atom is 0.387 e. The van der Waals surface area contributed by atoms with E-state index < -0.39 is 25.1 Å². The summed E-state index contributed by atoms with van der Waals surface area (Å²) in [6.07, 6.45) is 3.02. The minimum atomic E-state index is -3.00. The summed E-state index contributed by atoms with van der Waals surface area (Å²) in [5.41, 5.74) is 1.25. The van der Waals surface area contributed by atoms with Crippen molar-refractivity contribution < 1.29 is 27.8 Å². The van der Waals surface area contributed by atoms with E-state index in [1.165, 1.54) is 40.0 Å². The Morgan fingerprint density at radius 2 is 2.04 bits per heavy atom. The zero-order valence-electron chi connectivity index (χ0n) is 13.1. The SMILES string of the molecule is O=C(COC(=O)c1cc2c(s1)CCC2)Nc1ccccc1OC(F)F. The van der Waals surface area contributed by atoms with Crippen molar-refractivity contribution in [1.82, 2.24) is 0 Å². The first-order chi connectivity index (χ1) is 12.0. The number of nitrogens with one attached hydrogen (secondary N) is 1. The van der Waals surface area contributed by atoms with Crippen LogP contribution in [0.25, 0.3) is 0 Å². The van der Waals surface area contributed by atoms with E-state index in [-0.39, 0.29) is 11.4 Å². The Morgan fingerprint density at radius 1 is 1.24 bits per heavy atom. The van der Waals surface area contributed by atoms with Gasteiger partial charge in [-0.25, -0.2) is 4.79 Å². The Bertz CT molecular complexity index is 769. The molecule has 0 unspecified atom stereocenters. The number of halogens is 2. The topological polar surface area (TPSA) is 64.6 Å². The molecule has 0 fully saturated rings. The Hall–Kier alpha value is -2.48. The van der Waals surface area contributed by atoms with Gasteiger partial charge < -0.3 is 14.8 Å². The van der Waals surface area contributed by atoms with Crippen molar-refractivity contribution >= 4 is 28.9 Å². The third-order valence-electron chi connectivity index (χ3n) is 3.66. The van der Waals surface area contributed by atoms with Gasteiger partial charge >= 0.3 is 12.6 Å². The summed E-state index contributed by atoms with van der Waals surface area (Å²) in [5, 5.41) is 2.39. The van der Waals surface area contributed by atoms with Crippen LogP contribution in [0.4, 0.5) is 14.5 Å². The highest BCUT2D eigenvalue weighted by atomic mass is 32.1. The highest BCUT2D eigenvalue weighted by molar-refractivity contribution is 7.14. The quantitative estimate of drug-likeness (QED) is 0.792. The number of para-hydroxylation sites is 2. The van der Waals surface area contributed by atoms with Crippen molar-refractivity contribution in [2.24, 2.45) is 0 Å². The first-order valence-corrected chi connectivity index (χ1v) is 8.47. The molecule has 1 aliphatic rings. The fraction of sp³-hybridized carbons (Fsp3) is 0.294. The number of amides is 1. The number of ether oxygens (including phenoxy) is 2. The third kappa shape index (κ3) is 4.33. The monoisotopic (exact) mass is 367 g/mol. The van der Waals surface area contributed by atoms with Crippen molar-refractivity contribution in [3.8, 4) is 5.75 Å². The molecular formula is C17H15F2NO4S. The van der Waals surface area contributed by atoms with Crippen LogP contribution in [0.3, 0.4) is 0 Å². The van der Waals surface area contributed by atoms with Gasteiger partial charge in [-0.2, -0.15) is 8.78 Å². The first-order valence-electron chi connectivity index (χ1n) is 7.65. The molecule has 0 spiro atoms. The molecule has 0 saturated heterocycles. The number of thiophene rings is 1. The molecule has 8 heteroatoms. The molecular weight excluding hydrogens is 352 g/mol. The number of alkyl halides is 2. The second-order valence-corrected chi connectivity index (χ2v) is 6.55. The highest BCUT2D eigenvalue weighted by Crippen LogP contribution is 2.31. The van der Waals surface area contributed by atoms with Crippen LogP contribution in [0.5, 0.6) is 5.75 Å². The third-order valence-corrected chi connectivity index (χ3v) is 4.88. The van der Waals surface area contributed by atoms with E-state index in [1.807, 2.05) is 0 Å². The molecule has 1 heterocycles. The molecule has 132 valence electrons. The number of rotatable bonds is 6. The zero-order valence-corrected chi connectivity index (χ0v) is 13.9. The van der Waals surface area contributed by atoms with Gasteiger partial charge in [-0.3, -0.25) is 4.79 Å². The maximum atomic E-state index is 12.3. The summed E-state index contributed by atoms with van der Waals surface area (Å²) in [6.45, 7) is -3.51. The van der Waals surface area contributed by atoms with Crippen molar-refractivity contribution in [2.75, 3.05) is 11.9 Å². The zero-order chi connectivity index (χ0) is 17.8. The van der Waals surface area contributed by atoms with E-state index in [2.05, 4.69) is 10.1 Å². The molecule has 1 aromatic carbocycles. The molecule has 0 radical (unpaired) electrons. The van der Waals surface area contributed by atoms with Crippen molar-refractivity contribution in [1.29, 1.82) is 0 Å². The molecule has 5 nitrogen and oxygen atoms in total. The standard InChI is InChI=1S/C17H15F2NO4S/c18-17(19)24-12-6-2-1-5-11(12)20-15(21)9-23-16(22)14-8-10-4-3-7-13(10)25-14/h1-2,5-6,8,17H,3-4,7,9H2,(H,20,21). The normalized spacial score (nSPS) is 12.8. The minimum Gasteiger partial charge on any atom is -0.451 e. The average Bonchev–Trinajstić information content (AvgIpc) is 3.15.